The van der Waals surface area contributed by atoms with Gasteiger partial charge in [0.05, 0.1) is 19.8 Å². The second-order valence-corrected chi connectivity index (χ2v) is 5.50. The van der Waals surface area contributed by atoms with Crippen molar-refractivity contribution in [3.8, 4) is 11.5 Å². The zero-order valence-corrected chi connectivity index (χ0v) is 12.4. The third-order valence-corrected chi connectivity index (χ3v) is 4.07. The lowest BCUT2D eigenvalue weighted by atomic mass is 9.78. The van der Waals surface area contributed by atoms with Gasteiger partial charge in [-0.15, -0.1) is 0 Å². The molecule has 0 aliphatic heterocycles. The molecule has 0 saturated carbocycles. The maximum atomic E-state index is 9.61. The van der Waals surface area contributed by atoms with E-state index < -0.39 is 6.10 Å². The molecular weight excluding hydrogens is 264 g/mol. The first-order valence-electron chi connectivity index (χ1n) is 7.25. The molecule has 3 heteroatoms. The number of aliphatic hydroxyl groups excluding tert-OH is 1. The van der Waals surface area contributed by atoms with Crippen molar-refractivity contribution in [3.63, 3.8) is 0 Å². The molecule has 0 amide bonds. The van der Waals surface area contributed by atoms with Crippen LogP contribution in [0.1, 0.15) is 35.6 Å². The van der Waals surface area contributed by atoms with Crippen LogP contribution in [-0.4, -0.2) is 18.8 Å². The van der Waals surface area contributed by atoms with Crippen molar-refractivity contribution in [3.05, 3.63) is 59.2 Å². The van der Waals surface area contributed by atoms with Crippen molar-refractivity contribution in [1.29, 1.82) is 0 Å². The van der Waals surface area contributed by atoms with Crippen LogP contribution >= 0.6 is 0 Å². The highest BCUT2D eigenvalue weighted by Gasteiger charge is 2.26. The number of hydrogen-bond donors (Lipinski definition) is 1. The Morgan fingerprint density at radius 3 is 2.71 bits per heavy atom. The Morgan fingerprint density at radius 2 is 2.00 bits per heavy atom. The summed E-state index contributed by atoms with van der Waals surface area (Å²) in [7, 11) is 1.62. The van der Waals surface area contributed by atoms with Crippen molar-refractivity contribution in [2.24, 2.45) is 0 Å². The summed E-state index contributed by atoms with van der Waals surface area (Å²) in [5, 5.41) is 9.61. The van der Waals surface area contributed by atoms with E-state index in [-0.39, 0.29) is 0 Å². The van der Waals surface area contributed by atoms with Gasteiger partial charge in [0, 0.05) is 5.92 Å². The normalized spacial score (nSPS) is 17.6. The summed E-state index contributed by atoms with van der Waals surface area (Å²) in [6.07, 6.45) is 0.566. The van der Waals surface area contributed by atoms with Gasteiger partial charge in [-0.3, -0.25) is 0 Å². The third kappa shape index (κ3) is 2.74. The minimum Gasteiger partial charge on any atom is -0.493 e. The molecule has 0 radical (unpaired) electrons. The molecule has 21 heavy (non-hydrogen) atoms. The molecular formula is C18H20O3. The van der Waals surface area contributed by atoms with E-state index in [1.54, 1.807) is 14.0 Å². The number of fused-ring (bicyclic) bond motifs is 1. The van der Waals surface area contributed by atoms with Gasteiger partial charge < -0.3 is 14.6 Å². The van der Waals surface area contributed by atoms with Crippen molar-refractivity contribution >= 4 is 0 Å². The lowest BCUT2D eigenvalue weighted by molar-refractivity contribution is 0.198. The molecule has 1 aliphatic carbocycles. The number of methoxy groups -OCH3 is 1. The molecule has 2 atom stereocenters. The van der Waals surface area contributed by atoms with Gasteiger partial charge in [0.25, 0.3) is 0 Å². The van der Waals surface area contributed by atoms with Crippen LogP contribution in [0, 0.1) is 0 Å². The Morgan fingerprint density at radius 1 is 1.19 bits per heavy atom. The maximum Gasteiger partial charge on any atom is 0.161 e. The average molecular weight is 284 g/mol. The number of hydrogen-bond acceptors (Lipinski definition) is 3. The lowest BCUT2D eigenvalue weighted by Crippen LogP contribution is -2.23. The standard InChI is InChI=1S/C18H20O3/c1-12(19)13-7-8-17(18(10-13)20-2)21-11-15-9-14-5-3-4-6-16(14)15/h3-8,10,12,15,19H,9,11H2,1-2H3/t12-,15?/m1/s1. The Balaban J connectivity index is 1.69. The summed E-state index contributed by atoms with van der Waals surface area (Å²) >= 11 is 0. The van der Waals surface area contributed by atoms with E-state index in [9.17, 15) is 5.11 Å². The molecule has 110 valence electrons. The van der Waals surface area contributed by atoms with Crippen LogP contribution in [0.5, 0.6) is 11.5 Å². The van der Waals surface area contributed by atoms with Crippen LogP contribution in [0.2, 0.25) is 0 Å². The lowest BCUT2D eigenvalue weighted by Gasteiger charge is -2.30. The smallest absolute Gasteiger partial charge is 0.161 e. The summed E-state index contributed by atoms with van der Waals surface area (Å²) in [6.45, 7) is 2.39. The summed E-state index contributed by atoms with van der Waals surface area (Å²) in [4.78, 5) is 0. The molecule has 1 aliphatic rings. The Labute approximate surface area is 125 Å². The fourth-order valence-electron chi connectivity index (χ4n) is 2.77. The zero-order chi connectivity index (χ0) is 14.8. The van der Waals surface area contributed by atoms with Gasteiger partial charge in [0.1, 0.15) is 0 Å². The van der Waals surface area contributed by atoms with Crippen LogP contribution in [0.4, 0.5) is 0 Å². The summed E-state index contributed by atoms with van der Waals surface area (Å²) in [5.41, 5.74) is 3.63. The van der Waals surface area contributed by atoms with Crippen LogP contribution < -0.4 is 9.47 Å². The molecule has 0 fully saturated rings. The second kappa shape index (κ2) is 5.78. The average Bonchev–Trinajstić information content (AvgIpc) is 2.48. The quantitative estimate of drug-likeness (QED) is 0.913. The molecule has 1 unspecified atom stereocenters. The SMILES string of the molecule is COc1cc([C@@H](C)O)ccc1OCC1Cc2ccccc21. The third-order valence-electron chi connectivity index (χ3n) is 4.07. The molecule has 0 saturated heterocycles. The fraction of sp³-hybridized carbons (Fsp3) is 0.333. The first kappa shape index (κ1) is 14.0. The van der Waals surface area contributed by atoms with E-state index in [1.807, 2.05) is 18.2 Å². The first-order chi connectivity index (χ1) is 10.2. The van der Waals surface area contributed by atoms with Crippen molar-refractivity contribution in [1.82, 2.24) is 0 Å². The Kier molecular flexibility index (Phi) is 3.84. The minimum atomic E-state index is -0.508. The van der Waals surface area contributed by atoms with E-state index in [0.717, 1.165) is 17.7 Å². The van der Waals surface area contributed by atoms with Crippen LogP contribution in [0.15, 0.2) is 42.5 Å². The Hall–Kier alpha value is -2.00. The molecule has 1 N–H and O–H groups in total. The highest BCUT2D eigenvalue weighted by molar-refractivity contribution is 5.44. The molecule has 3 rings (SSSR count). The van der Waals surface area contributed by atoms with E-state index in [2.05, 4.69) is 24.3 Å². The molecule has 3 nitrogen and oxygen atoms in total. The van der Waals surface area contributed by atoms with Gasteiger partial charge >= 0.3 is 0 Å². The monoisotopic (exact) mass is 284 g/mol. The van der Waals surface area contributed by atoms with E-state index in [0.29, 0.717) is 18.3 Å². The van der Waals surface area contributed by atoms with Crippen LogP contribution in [0.25, 0.3) is 0 Å². The highest BCUT2D eigenvalue weighted by atomic mass is 16.5. The number of aliphatic hydroxyl groups is 1. The summed E-state index contributed by atoms with van der Waals surface area (Å²) < 4.78 is 11.3. The Bertz CT molecular complexity index is 634. The van der Waals surface area contributed by atoms with Crippen LogP contribution in [0.3, 0.4) is 0 Å². The summed E-state index contributed by atoms with van der Waals surface area (Å²) in [6, 6.07) is 14.1. The van der Waals surface area contributed by atoms with Gasteiger partial charge in [-0.2, -0.15) is 0 Å². The minimum absolute atomic E-state index is 0.461. The predicted octanol–water partition coefficient (Wildman–Crippen LogP) is 3.47. The predicted molar refractivity (Wildman–Crippen MR) is 82.0 cm³/mol. The van der Waals surface area contributed by atoms with Crippen LogP contribution in [-0.2, 0) is 6.42 Å². The topological polar surface area (TPSA) is 38.7 Å². The second-order valence-electron chi connectivity index (χ2n) is 5.50. The molecule has 0 bridgehead atoms. The van der Waals surface area contributed by atoms with E-state index >= 15 is 0 Å². The van der Waals surface area contributed by atoms with Gasteiger partial charge in [0.15, 0.2) is 11.5 Å². The fourth-order valence-corrected chi connectivity index (χ4v) is 2.77. The largest absolute Gasteiger partial charge is 0.493 e. The zero-order valence-electron chi connectivity index (χ0n) is 12.4. The van der Waals surface area contributed by atoms with Crippen molar-refractivity contribution < 1.29 is 14.6 Å². The molecule has 0 aromatic heterocycles. The van der Waals surface area contributed by atoms with E-state index in [4.69, 9.17) is 9.47 Å². The van der Waals surface area contributed by atoms with Crippen molar-refractivity contribution in [2.45, 2.75) is 25.4 Å². The van der Waals surface area contributed by atoms with E-state index in [1.165, 1.54) is 11.1 Å². The van der Waals surface area contributed by atoms with Crippen molar-refractivity contribution in [2.75, 3.05) is 13.7 Å². The maximum absolute atomic E-state index is 9.61. The molecule has 0 heterocycles. The number of benzene rings is 2. The molecule has 0 spiro atoms. The highest BCUT2D eigenvalue weighted by Crippen LogP contribution is 2.37. The number of ether oxygens (including phenoxy) is 2. The summed E-state index contributed by atoms with van der Waals surface area (Å²) in [5.74, 6) is 1.86. The van der Waals surface area contributed by atoms with Gasteiger partial charge in [0.2, 0.25) is 0 Å². The van der Waals surface area contributed by atoms with Gasteiger partial charge in [-0.05, 0) is 42.2 Å². The number of rotatable bonds is 5. The molecule has 2 aromatic rings. The molecule has 2 aromatic carbocycles. The first-order valence-corrected chi connectivity index (χ1v) is 7.25. The van der Waals surface area contributed by atoms with Gasteiger partial charge in [-0.25, -0.2) is 0 Å². The van der Waals surface area contributed by atoms with Gasteiger partial charge in [-0.1, -0.05) is 30.3 Å².